The molecule has 1 unspecified atom stereocenters. The standard InChI is InChI=1S/C28H46O/c1-19(2)20(3)9-10-22(5)26-15-16-27-23(8-7-17-28(26,27)6)12-13-24-18-25(29)14-11-21(24)4/h9-10,12-13,19-22,25-27,29H,7-8,11,14-18H2,1-6H3/b10-9+,23-12+,24-13-/t20-,21?,22+,25-,26+,27-,28+/m0/s1. The van der Waals surface area contributed by atoms with Gasteiger partial charge in [0.05, 0.1) is 6.10 Å². The van der Waals surface area contributed by atoms with Crippen LogP contribution in [0.5, 0.6) is 0 Å². The first-order valence-corrected chi connectivity index (χ1v) is 12.5. The van der Waals surface area contributed by atoms with E-state index in [-0.39, 0.29) is 6.10 Å². The maximum absolute atomic E-state index is 10.1. The summed E-state index contributed by atoms with van der Waals surface area (Å²) in [5, 5.41) is 10.1. The van der Waals surface area contributed by atoms with E-state index in [1.165, 1.54) is 37.7 Å². The highest BCUT2D eigenvalue weighted by atomic mass is 16.3. The summed E-state index contributed by atoms with van der Waals surface area (Å²) in [5.74, 6) is 4.29. The number of fused-ring (bicyclic) bond motifs is 1. The summed E-state index contributed by atoms with van der Waals surface area (Å²) in [6, 6.07) is 0. The molecular weight excluding hydrogens is 352 g/mol. The Balaban J connectivity index is 1.74. The zero-order chi connectivity index (χ0) is 21.2. The number of rotatable bonds is 5. The normalized spacial score (nSPS) is 40.7. The lowest BCUT2D eigenvalue weighted by atomic mass is 9.61. The van der Waals surface area contributed by atoms with E-state index in [0.29, 0.717) is 23.2 Å². The third-order valence-corrected chi connectivity index (χ3v) is 8.99. The average Bonchev–Trinajstić information content (AvgIpc) is 3.04. The molecule has 0 saturated heterocycles. The lowest BCUT2D eigenvalue weighted by Crippen LogP contribution is -2.35. The van der Waals surface area contributed by atoms with Crippen LogP contribution in [0.2, 0.25) is 0 Å². The fraction of sp³-hybridized carbons (Fsp3) is 0.786. The zero-order valence-corrected chi connectivity index (χ0v) is 20.0. The van der Waals surface area contributed by atoms with Crippen LogP contribution >= 0.6 is 0 Å². The molecule has 0 aromatic carbocycles. The first-order chi connectivity index (χ1) is 13.7. The lowest BCUT2D eigenvalue weighted by molar-refractivity contribution is 0.112. The number of hydrogen-bond acceptors (Lipinski definition) is 1. The van der Waals surface area contributed by atoms with Gasteiger partial charge in [-0.3, -0.25) is 0 Å². The summed E-state index contributed by atoms with van der Waals surface area (Å²) in [7, 11) is 0. The first-order valence-electron chi connectivity index (χ1n) is 12.5. The van der Waals surface area contributed by atoms with Gasteiger partial charge in [-0.05, 0) is 92.3 Å². The van der Waals surface area contributed by atoms with Crippen molar-refractivity contribution in [2.75, 3.05) is 0 Å². The van der Waals surface area contributed by atoms with Crippen molar-refractivity contribution in [1.29, 1.82) is 0 Å². The number of aliphatic hydroxyl groups excluding tert-OH is 1. The van der Waals surface area contributed by atoms with E-state index >= 15 is 0 Å². The van der Waals surface area contributed by atoms with Crippen molar-refractivity contribution in [1.82, 2.24) is 0 Å². The molecule has 29 heavy (non-hydrogen) atoms. The second-order valence-corrected chi connectivity index (χ2v) is 11.3. The van der Waals surface area contributed by atoms with Gasteiger partial charge in [-0.25, -0.2) is 0 Å². The highest BCUT2D eigenvalue weighted by Gasteiger charge is 2.50. The van der Waals surface area contributed by atoms with E-state index in [2.05, 4.69) is 65.8 Å². The van der Waals surface area contributed by atoms with Crippen molar-refractivity contribution in [3.63, 3.8) is 0 Å². The number of allylic oxidation sites excluding steroid dienone is 5. The Labute approximate surface area is 180 Å². The molecule has 0 aliphatic heterocycles. The molecule has 0 radical (unpaired) electrons. The van der Waals surface area contributed by atoms with E-state index in [0.717, 1.165) is 37.0 Å². The summed E-state index contributed by atoms with van der Waals surface area (Å²) in [6.45, 7) is 14.4. The molecule has 0 amide bonds. The van der Waals surface area contributed by atoms with Gasteiger partial charge in [-0.2, -0.15) is 0 Å². The minimum atomic E-state index is -0.121. The van der Waals surface area contributed by atoms with Gasteiger partial charge >= 0.3 is 0 Å². The maximum atomic E-state index is 10.1. The molecule has 1 nitrogen and oxygen atoms in total. The van der Waals surface area contributed by atoms with Crippen LogP contribution in [0.4, 0.5) is 0 Å². The Morgan fingerprint density at radius 2 is 1.69 bits per heavy atom. The quantitative estimate of drug-likeness (QED) is 0.470. The Bertz CT molecular complexity index is 639. The van der Waals surface area contributed by atoms with Gasteiger partial charge in [-0.1, -0.05) is 77.0 Å². The third kappa shape index (κ3) is 5.09. The smallest absolute Gasteiger partial charge is 0.0577 e. The highest BCUT2D eigenvalue weighted by molar-refractivity contribution is 5.27. The molecule has 3 aliphatic carbocycles. The monoisotopic (exact) mass is 398 g/mol. The summed E-state index contributed by atoms with van der Waals surface area (Å²) >= 11 is 0. The van der Waals surface area contributed by atoms with Gasteiger partial charge < -0.3 is 5.11 Å². The van der Waals surface area contributed by atoms with E-state index in [1.54, 1.807) is 5.57 Å². The predicted molar refractivity (Wildman–Crippen MR) is 126 cm³/mol. The largest absolute Gasteiger partial charge is 0.393 e. The van der Waals surface area contributed by atoms with Crippen LogP contribution in [0.3, 0.4) is 0 Å². The molecule has 1 N–H and O–H groups in total. The van der Waals surface area contributed by atoms with Gasteiger partial charge in [0.2, 0.25) is 0 Å². The van der Waals surface area contributed by atoms with E-state index in [1.807, 2.05) is 0 Å². The highest BCUT2D eigenvalue weighted by Crippen LogP contribution is 2.59. The Kier molecular flexibility index (Phi) is 7.52. The van der Waals surface area contributed by atoms with Crippen molar-refractivity contribution in [2.45, 2.75) is 99.0 Å². The molecular formula is C28H46O. The van der Waals surface area contributed by atoms with Crippen molar-refractivity contribution >= 4 is 0 Å². The van der Waals surface area contributed by atoms with Gasteiger partial charge in [0.25, 0.3) is 0 Å². The molecule has 3 aliphatic rings. The van der Waals surface area contributed by atoms with Crippen molar-refractivity contribution < 1.29 is 5.11 Å². The van der Waals surface area contributed by atoms with Gasteiger partial charge in [0.15, 0.2) is 0 Å². The van der Waals surface area contributed by atoms with Crippen molar-refractivity contribution in [3.8, 4) is 0 Å². The van der Waals surface area contributed by atoms with Gasteiger partial charge in [0, 0.05) is 0 Å². The average molecular weight is 399 g/mol. The van der Waals surface area contributed by atoms with E-state index in [9.17, 15) is 5.11 Å². The third-order valence-electron chi connectivity index (χ3n) is 8.99. The summed E-state index contributed by atoms with van der Waals surface area (Å²) in [4.78, 5) is 0. The molecule has 7 atom stereocenters. The fourth-order valence-corrected chi connectivity index (χ4v) is 6.50. The van der Waals surface area contributed by atoms with Crippen LogP contribution in [0.1, 0.15) is 92.9 Å². The minimum Gasteiger partial charge on any atom is -0.393 e. The van der Waals surface area contributed by atoms with Crippen LogP contribution < -0.4 is 0 Å². The van der Waals surface area contributed by atoms with Gasteiger partial charge in [-0.15, -0.1) is 0 Å². The SMILES string of the molecule is CC1CC[C@H](O)C/C1=C/C=C1\CCC[C@]2(C)[C@@H]([C@H](C)/C=C/[C@H](C)C(C)C)CC[C@@H]12. The summed E-state index contributed by atoms with van der Waals surface area (Å²) in [6.07, 6.45) is 19.5. The van der Waals surface area contributed by atoms with Crippen LogP contribution in [0.15, 0.2) is 35.5 Å². The molecule has 3 rings (SSSR count). The maximum Gasteiger partial charge on any atom is 0.0577 e. The molecule has 0 aromatic heterocycles. The molecule has 1 heteroatoms. The van der Waals surface area contributed by atoms with E-state index in [4.69, 9.17) is 0 Å². The number of aliphatic hydroxyl groups is 1. The minimum absolute atomic E-state index is 0.121. The molecule has 164 valence electrons. The molecule has 3 fully saturated rings. The molecule has 0 bridgehead atoms. The Morgan fingerprint density at radius 3 is 2.41 bits per heavy atom. The topological polar surface area (TPSA) is 20.2 Å². The molecule has 0 spiro atoms. The fourth-order valence-electron chi connectivity index (χ4n) is 6.50. The zero-order valence-electron chi connectivity index (χ0n) is 20.0. The summed E-state index contributed by atoms with van der Waals surface area (Å²) in [5.41, 5.74) is 3.63. The lowest BCUT2D eigenvalue weighted by Gasteiger charge is -2.44. The van der Waals surface area contributed by atoms with Crippen LogP contribution in [0.25, 0.3) is 0 Å². The Hall–Kier alpha value is -0.820. The predicted octanol–water partition coefficient (Wildman–Crippen LogP) is 7.72. The van der Waals surface area contributed by atoms with Crippen molar-refractivity contribution in [3.05, 3.63) is 35.5 Å². The molecule has 3 saturated carbocycles. The Morgan fingerprint density at radius 1 is 0.966 bits per heavy atom. The van der Waals surface area contributed by atoms with Crippen molar-refractivity contribution in [2.24, 2.45) is 40.9 Å². The van der Waals surface area contributed by atoms with Gasteiger partial charge in [0.1, 0.15) is 0 Å². The van der Waals surface area contributed by atoms with Crippen LogP contribution in [0, 0.1) is 40.9 Å². The van der Waals surface area contributed by atoms with Crippen LogP contribution in [-0.4, -0.2) is 11.2 Å². The second-order valence-electron chi connectivity index (χ2n) is 11.3. The summed E-state index contributed by atoms with van der Waals surface area (Å²) < 4.78 is 0. The first kappa shape index (κ1) is 22.9. The molecule has 0 aromatic rings. The second kappa shape index (κ2) is 9.54. The van der Waals surface area contributed by atoms with E-state index < -0.39 is 0 Å². The van der Waals surface area contributed by atoms with Crippen LogP contribution in [-0.2, 0) is 0 Å². The molecule has 0 heterocycles. The number of hydrogen-bond donors (Lipinski definition) is 1.